The van der Waals surface area contributed by atoms with E-state index in [4.69, 9.17) is 21.1 Å². The maximum absolute atomic E-state index is 12.8. The number of aryl methyl sites for hydroxylation is 1. The van der Waals surface area contributed by atoms with Crippen LogP contribution in [0.25, 0.3) is 6.08 Å². The third-order valence-corrected chi connectivity index (χ3v) is 5.75. The molecule has 0 spiro atoms. The molecule has 0 saturated carbocycles. The molecule has 162 valence electrons. The molecular weight excluding hydrogens is 440 g/mol. The van der Waals surface area contributed by atoms with Crippen LogP contribution in [0.4, 0.5) is 10.5 Å². The Hall–Kier alpha value is -2.97. The molecule has 1 N–H and O–H groups in total. The largest absolute Gasteiger partial charge is 0.493 e. The molecule has 31 heavy (non-hydrogen) atoms. The first-order valence-corrected chi connectivity index (χ1v) is 10.6. The van der Waals surface area contributed by atoms with Gasteiger partial charge in [0.2, 0.25) is 5.91 Å². The van der Waals surface area contributed by atoms with Gasteiger partial charge >= 0.3 is 0 Å². The highest BCUT2D eigenvalue weighted by Crippen LogP contribution is 2.37. The number of nitrogens with zero attached hydrogens (tertiary/aromatic N) is 1. The number of carbonyl (C=O) groups excluding carboxylic acids is 3. The lowest BCUT2D eigenvalue weighted by atomic mass is 10.1. The number of para-hydroxylation sites is 1. The standard InChI is InChI=1S/C22H21ClN2O5S/c1-4-30-20-14(6-5-7-17(20)29-3)10-18-21(27)25(22(28)31-18)12-19(26)24-15-9-8-13(2)16(23)11-15/h5-11H,4,12H2,1-3H3,(H,24,26)/b18-10+. The molecule has 1 aliphatic heterocycles. The fraction of sp³-hybridized carbons (Fsp3) is 0.227. The van der Waals surface area contributed by atoms with Gasteiger partial charge in [-0.05, 0) is 55.4 Å². The molecule has 0 aliphatic carbocycles. The lowest BCUT2D eigenvalue weighted by Crippen LogP contribution is -2.36. The highest BCUT2D eigenvalue weighted by atomic mass is 35.5. The molecule has 0 atom stereocenters. The summed E-state index contributed by atoms with van der Waals surface area (Å²) in [4.78, 5) is 38.6. The van der Waals surface area contributed by atoms with Gasteiger partial charge in [0, 0.05) is 16.3 Å². The van der Waals surface area contributed by atoms with Crippen LogP contribution in [0.15, 0.2) is 41.3 Å². The second kappa shape index (κ2) is 9.89. The molecular formula is C22H21ClN2O5S. The van der Waals surface area contributed by atoms with Crippen molar-refractivity contribution in [2.75, 3.05) is 25.6 Å². The van der Waals surface area contributed by atoms with Crippen molar-refractivity contribution in [1.82, 2.24) is 4.90 Å². The van der Waals surface area contributed by atoms with Crippen LogP contribution < -0.4 is 14.8 Å². The van der Waals surface area contributed by atoms with Crippen molar-refractivity contribution in [3.63, 3.8) is 0 Å². The predicted molar refractivity (Wildman–Crippen MR) is 122 cm³/mol. The van der Waals surface area contributed by atoms with Gasteiger partial charge < -0.3 is 14.8 Å². The molecule has 3 amide bonds. The van der Waals surface area contributed by atoms with Crippen LogP contribution in [0.3, 0.4) is 0 Å². The molecule has 0 unspecified atom stereocenters. The summed E-state index contributed by atoms with van der Waals surface area (Å²) in [6.07, 6.45) is 1.57. The van der Waals surface area contributed by atoms with Crippen LogP contribution in [-0.2, 0) is 9.59 Å². The summed E-state index contributed by atoms with van der Waals surface area (Å²) >= 11 is 6.84. The van der Waals surface area contributed by atoms with Crippen LogP contribution in [0.5, 0.6) is 11.5 Å². The number of hydrogen-bond donors (Lipinski definition) is 1. The van der Waals surface area contributed by atoms with Crippen molar-refractivity contribution in [1.29, 1.82) is 0 Å². The normalized spacial score (nSPS) is 14.8. The van der Waals surface area contributed by atoms with Crippen molar-refractivity contribution in [3.05, 3.63) is 57.5 Å². The molecule has 2 aromatic rings. The Bertz CT molecular complexity index is 1070. The molecule has 1 heterocycles. The minimum atomic E-state index is -0.544. The van der Waals surface area contributed by atoms with Crippen molar-refractivity contribution in [2.24, 2.45) is 0 Å². The number of ether oxygens (including phenoxy) is 2. The Balaban J connectivity index is 1.76. The van der Waals surface area contributed by atoms with Crippen LogP contribution in [-0.4, -0.2) is 42.2 Å². The quantitative estimate of drug-likeness (QED) is 0.601. The smallest absolute Gasteiger partial charge is 0.294 e. The van der Waals surface area contributed by atoms with E-state index in [-0.39, 0.29) is 4.91 Å². The van der Waals surface area contributed by atoms with E-state index in [0.717, 1.165) is 22.2 Å². The van der Waals surface area contributed by atoms with Gasteiger partial charge in [-0.3, -0.25) is 19.3 Å². The van der Waals surface area contributed by atoms with Gasteiger partial charge in [-0.15, -0.1) is 0 Å². The van der Waals surface area contributed by atoms with Crippen LogP contribution in [0, 0.1) is 6.92 Å². The van der Waals surface area contributed by atoms with E-state index in [2.05, 4.69) is 5.32 Å². The van der Waals surface area contributed by atoms with Crippen LogP contribution in [0.1, 0.15) is 18.1 Å². The molecule has 9 heteroatoms. The summed E-state index contributed by atoms with van der Waals surface area (Å²) in [6.45, 7) is 3.69. The van der Waals surface area contributed by atoms with Crippen molar-refractivity contribution >= 4 is 52.2 Å². The first kappa shape index (κ1) is 22.7. The minimum absolute atomic E-state index is 0.199. The topological polar surface area (TPSA) is 84.9 Å². The number of rotatable bonds is 7. The van der Waals surface area contributed by atoms with Crippen LogP contribution in [0.2, 0.25) is 5.02 Å². The first-order chi connectivity index (χ1) is 14.8. The van der Waals surface area contributed by atoms with Gasteiger partial charge in [0.15, 0.2) is 11.5 Å². The molecule has 1 aliphatic rings. The Morgan fingerprint density at radius 2 is 2.03 bits per heavy atom. The van der Waals surface area contributed by atoms with Gasteiger partial charge in [-0.1, -0.05) is 29.8 Å². The first-order valence-electron chi connectivity index (χ1n) is 9.45. The monoisotopic (exact) mass is 460 g/mol. The second-order valence-electron chi connectivity index (χ2n) is 6.59. The number of anilines is 1. The van der Waals surface area contributed by atoms with E-state index in [1.165, 1.54) is 7.11 Å². The number of carbonyl (C=O) groups is 3. The highest BCUT2D eigenvalue weighted by Gasteiger charge is 2.36. The zero-order valence-electron chi connectivity index (χ0n) is 17.2. The molecule has 0 aromatic heterocycles. The fourth-order valence-electron chi connectivity index (χ4n) is 2.90. The number of methoxy groups -OCH3 is 1. The molecule has 1 saturated heterocycles. The van der Waals surface area contributed by atoms with Gasteiger partial charge in [0.1, 0.15) is 6.54 Å². The summed E-state index contributed by atoms with van der Waals surface area (Å²) in [7, 11) is 1.52. The summed E-state index contributed by atoms with van der Waals surface area (Å²) in [5.41, 5.74) is 1.96. The van der Waals surface area contributed by atoms with Crippen molar-refractivity contribution < 1.29 is 23.9 Å². The van der Waals surface area contributed by atoms with Crippen LogP contribution >= 0.6 is 23.4 Å². The van der Waals surface area contributed by atoms with E-state index in [9.17, 15) is 14.4 Å². The Kier molecular flexibility index (Phi) is 7.25. The molecule has 2 aromatic carbocycles. The second-order valence-corrected chi connectivity index (χ2v) is 7.99. The van der Waals surface area contributed by atoms with Gasteiger partial charge in [0.25, 0.3) is 11.1 Å². The zero-order valence-corrected chi connectivity index (χ0v) is 18.8. The maximum Gasteiger partial charge on any atom is 0.294 e. The van der Waals surface area contributed by atoms with E-state index in [0.29, 0.717) is 34.4 Å². The van der Waals surface area contributed by atoms with E-state index >= 15 is 0 Å². The fourth-order valence-corrected chi connectivity index (χ4v) is 3.91. The minimum Gasteiger partial charge on any atom is -0.493 e. The predicted octanol–water partition coefficient (Wildman–Crippen LogP) is 4.73. The number of hydrogen-bond acceptors (Lipinski definition) is 6. The highest BCUT2D eigenvalue weighted by molar-refractivity contribution is 8.18. The summed E-state index contributed by atoms with van der Waals surface area (Å²) in [5, 5.41) is 2.64. The number of amides is 3. The van der Waals surface area contributed by atoms with Gasteiger partial charge in [-0.2, -0.15) is 0 Å². The Morgan fingerprint density at radius 3 is 2.71 bits per heavy atom. The number of nitrogens with one attached hydrogen (secondary N) is 1. The maximum atomic E-state index is 12.8. The zero-order chi connectivity index (χ0) is 22.5. The van der Waals surface area contributed by atoms with Crippen molar-refractivity contribution in [2.45, 2.75) is 13.8 Å². The summed E-state index contributed by atoms with van der Waals surface area (Å²) < 4.78 is 11.0. The lowest BCUT2D eigenvalue weighted by Gasteiger charge is -2.13. The lowest BCUT2D eigenvalue weighted by molar-refractivity contribution is -0.127. The van der Waals surface area contributed by atoms with Crippen molar-refractivity contribution in [3.8, 4) is 11.5 Å². The van der Waals surface area contributed by atoms with E-state index < -0.39 is 23.6 Å². The molecule has 0 bridgehead atoms. The Morgan fingerprint density at radius 1 is 1.26 bits per heavy atom. The average Bonchev–Trinajstić information content (AvgIpc) is 2.99. The summed E-state index contributed by atoms with van der Waals surface area (Å²) in [5.74, 6) is -0.0449. The van der Waals surface area contributed by atoms with Gasteiger partial charge in [-0.25, -0.2) is 0 Å². The number of thioether (sulfide) groups is 1. The molecule has 3 rings (SSSR count). The van der Waals surface area contributed by atoms with E-state index in [1.54, 1.807) is 42.5 Å². The van der Waals surface area contributed by atoms with E-state index in [1.807, 2.05) is 13.8 Å². The molecule has 1 fully saturated rings. The third-order valence-electron chi connectivity index (χ3n) is 4.44. The SMILES string of the molecule is CCOc1c(/C=C2/SC(=O)N(CC(=O)Nc3ccc(C)c(Cl)c3)C2=O)cccc1OC. The molecule has 0 radical (unpaired) electrons. The van der Waals surface area contributed by atoms with Gasteiger partial charge in [0.05, 0.1) is 18.6 Å². The number of benzene rings is 2. The molecule has 7 nitrogen and oxygen atoms in total. The average molecular weight is 461 g/mol. The third kappa shape index (κ3) is 5.21. The number of halogens is 1. The number of imide groups is 1. The Labute approximate surface area is 189 Å². The summed E-state index contributed by atoms with van der Waals surface area (Å²) in [6, 6.07) is 10.3.